The number of nitrogens with one attached hydrogen (secondary N) is 1. The van der Waals surface area contributed by atoms with Gasteiger partial charge in [0.25, 0.3) is 5.91 Å². The Morgan fingerprint density at radius 1 is 1.24 bits per heavy atom. The second kappa shape index (κ2) is 6.43. The van der Waals surface area contributed by atoms with Crippen molar-refractivity contribution in [2.45, 2.75) is 45.1 Å². The van der Waals surface area contributed by atoms with Crippen molar-refractivity contribution in [3.8, 4) is 0 Å². The molecular weight excluding hydrogens is 319 g/mol. The first-order valence-electron chi connectivity index (χ1n) is 8.90. The average Bonchev–Trinajstić information content (AvgIpc) is 3.23. The van der Waals surface area contributed by atoms with Crippen LogP contribution in [0.1, 0.15) is 60.3 Å². The van der Waals surface area contributed by atoms with Gasteiger partial charge in [0.2, 0.25) is 0 Å². The molecule has 2 heterocycles. The van der Waals surface area contributed by atoms with Gasteiger partial charge in [-0.15, -0.1) is 0 Å². The minimum absolute atomic E-state index is 0.128. The molecule has 0 saturated heterocycles. The number of rotatable bonds is 3. The highest BCUT2D eigenvalue weighted by atomic mass is 19.1. The molecule has 0 radical (unpaired) electrons. The van der Waals surface area contributed by atoms with Crippen molar-refractivity contribution in [3.63, 3.8) is 0 Å². The highest BCUT2D eigenvalue weighted by Crippen LogP contribution is 2.36. The molecule has 0 unspecified atom stereocenters. The summed E-state index contributed by atoms with van der Waals surface area (Å²) in [6.45, 7) is 2.33. The fourth-order valence-corrected chi connectivity index (χ4v) is 3.69. The molecule has 1 saturated carbocycles. The van der Waals surface area contributed by atoms with E-state index in [0.29, 0.717) is 30.4 Å². The van der Waals surface area contributed by atoms with Gasteiger partial charge in [-0.25, -0.2) is 14.1 Å². The number of carbonyl (C=O) groups is 1. The number of aromatic nitrogens is 2. The van der Waals surface area contributed by atoms with Crippen LogP contribution in [0.5, 0.6) is 0 Å². The van der Waals surface area contributed by atoms with Gasteiger partial charge in [0.15, 0.2) is 5.82 Å². The highest BCUT2D eigenvalue weighted by molar-refractivity contribution is 6.10. The van der Waals surface area contributed by atoms with Gasteiger partial charge < -0.3 is 5.32 Å². The van der Waals surface area contributed by atoms with Crippen LogP contribution in [0, 0.1) is 5.82 Å². The van der Waals surface area contributed by atoms with Crippen molar-refractivity contribution in [1.82, 2.24) is 15.1 Å². The molecule has 1 aliphatic heterocycles. The Balaban J connectivity index is 1.85. The maximum atomic E-state index is 13.2. The minimum Gasteiger partial charge on any atom is -0.346 e. The monoisotopic (exact) mass is 340 g/mol. The maximum absolute atomic E-state index is 13.2. The number of aliphatic imine (C=N–C) groups is 1. The number of halogens is 1. The molecule has 0 spiro atoms. The van der Waals surface area contributed by atoms with E-state index in [0.717, 1.165) is 29.8 Å². The number of carbonyl (C=O) groups excluding carboxylic acids is 1. The molecule has 1 N–H and O–H groups in total. The van der Waals surface area contributed by atoms with Gasteiger partial charge in [-0.1, -0.05) is 31.9 Å². The van der Waals surface area contributed by atoms with Crippen LogP contribution in [0.25, 0.3) is 0 Å². The molecule has 1 fully saturated rings. The minimum atomic E-state index is -0.285. The predicted molar refractivity (Wildman–Crippen MR) is 94.0 cm³/mol. The average molecular weight is 340 g/mol. The lowest BCUT2D eigenvalue weighted by Crippen LogP contribution is -2.28. The molecule has 6 heteroatoms. The molecule has 130 valence electrons. The van der Waals surface area contributed by atoms with Crippen molar-refractivity contribution < 1.29 is 9.18 Å². The Bertz CT molecular complexity index is 832. The van der Waals surface area contributed by atoms with E-state index in [-0.39, 0.29) is 11.7 Å². The Hall–Kier alpha value is -2.50. The highest BCUT2D eigenvalue weighted by Gasteiger charge is 2.30. The zero-order chi connectivity index (χ0) is 17.4. The molecule has 2 aromatic rings. The van der Waals surface area contributed by atoms with Gasteiger partial charge in [-0.05, 0) is 37.0 Å². The Morgan fingerprint density at radius 2 is 1.96 bits per heavy atom. The first kappa shape index (κ1) is 16.0. The number of fused-ring (bicyclic) bond motifs is 1. The first-order valence-corrected chi connectivity index (χ1v) is 8.90. The zero-order valence-corrected chi connectivity index (χ0v) is 14.3. The number of hydrogen-bond acceptors (Lipinski definition) is 3. The van der Waals surface area contributed by atoms with Gasteiger partial charge in [0.1, 0.15) is 11.4 Å². The summed E-state index contributed by atoms with van der Waals surface area (Å²) < 4.78 is 15.2. The van der Waals surface area contributed by atoms with Crippen LogP contribution in [0.4, 0.5) is 10.2 Å². The van der Waals surface area contributed by atoms with Crippen molar-refractivity contribution in [2.75, 3.05) is 6.54 Å². The van der Waals surface area contributed by atoms with Crippen LogP contribution in [0.3, 0.4) is 0 Å². The molecule has 2 aliphatic rings. The van der Waals surface area contributed by atoms with E-state index >= 15 is 0 Å². The van der Waals surface area contributed by atoms with Crippen LogP contribution in [0.15, 0.2) is 29.3 Å². The van der Waals surface area contributed by atoms with Crippen molar-refractivity contribution in [1.29, 1.82) is 0 Å². The molecule has 1 aromatic carbocycles. The van der Waals surface area contributed by atoms with E-state index in [1.54, 1.807) is 12.1 Å². The Kier molecular flexibility index (Phi) is 4.11. The van der Waals surface area contributed by atoms with E-state index in [1.165, 1.54) is 25.0 Å². The number of aryl methyl sites for hydroxylation is 1. The summed E-state index contributed by atoms with van der Waals surface area (Å²) in [5, 5.41) is 7.64. The molecular formula is C19H21FN4O. The van der Waals surface area contributed by atoms with E-state index in [9.17, 15) is 9.18 Å². The number of amides is 1. The zero-order valence-electron chi connectivity index (χ0n) is 14.3. The van der Waals surface area contributed by atoms with E-state index in [1.807, 2.05) is 11.6 Å². The molecule has 0 atom stereocenters. The first-order chi connectivity index (χ1) is 12.2. The lowest BCUT2D eigenvalue weighted by atomic mass is 10.1. The second-order valence-electron chi connectivity index (χ2n) is 6.63. The standard InChI is InChI=1S/C19H21FN4O/c1-2-15-17-18(24(23-15)14-5-3-4-6-14)22-16(11-21-19(17)25)12-7-9-13(20)10-8-12/h7-10,14H,2-6,11H2,1H3,(H,21,25). The summed E-state index contributed by atoms with van der Waals surface area (Å²) >= 11 is 0. The molecule has 1 aromatic heterocycles. The van der Waals surface area contributed by atoms with Gasteiger partial charge >= 0.3 is 0 Å². The summed E-state index contributed by atoms with van der Waals surface area (Å²) in [6, 6.07) is 6.53. The Morgan fingerprint density at radius 3 is 2.64 bits per heavy atom. The maximum Gasteiger partial charge on any atom is 0.257 e. The van der Waals surface area contributed by atoms with Gasteiger partial charge in [-0.3, -0.25) is 4.79 Å². The lowest BCUT2D eigenvalue weighted by Gasteiger charge is -2.12. The molecule has 25 heavy (non-hydrogen) atoms. The van der Waals surface area contributed by atoms with Crippen LogP contribution >= 0.6 is 0 Å². The normalized spacial score (nSPS) is 17.8. The van der Waals surface area contributed by atoms with Gasteiger partial charge in [0.05, 0.1) is 24.0 Å². The van der Waals surface area contributed by atoms with E-state index < -0.39 is 0 Å². The van der Waals surface area contributed by atoms with Crippen LogP contribution in [0.2, 0.25) is 0 Å². The predicted octanol–water partition coefficient (Wildman–Crippen LogP) is 3.56. The summed E-state index contributed by atoms with van der Waals surface area (Å²) in [4.78, 5) is 17.5. The third kappa shape index (κ3) is 2.86. The Labute approximate surface area is 146 Å². The van der Waals surface area contributed by atoms with Crippen molar-refractivity contribution >= 4 is 17.4 Å². The number of hydrogen-bond donors (Lipinski definition) is 1. The van der Waals surface area contributed by atoms with E-state index in [4.69, 9.17) is 10.1 Å². The summed E-state index contributed by atoms with van der Waals surface area (Å²) in [5.74, 6) is 0.238. The van der Waals surface area contributed by atoms with Crippen molar-refractivity contribution in [2.24, 2.45) is 4.99 Å². The third-order valence-corrected chi connectivity index (χ3v) is 5.02. The smallest absolute Gasteiger partial charge is 0.257 e. The fraction of sp³-hybridized carbons (Fsp3) is 0.421. The largest absolute Gasteiger partial charge is 0.346 e. The molecule has 1 aliphatic carbocycles. The molecule has 1 amide bonds. The van der Waals surface area contributed by atoms with Gasteiger partial charge in [0, 0.05) is 0 Å². The van der Waals surface area contributed by atoms with Crippen LogP contribution < -0.4 is 5.32 Å². The molecule has 4 rings (SSSR count). The summed E-state index contributed by atoms with van der Waals surface area (Å²) in [6.07, 6.45) is 5.19. The third-order valence-electron chi connectivity index (χ3n) is 5.02. The quantitative estimate of drug-likeness (QED) is 0.929. The van der Waals surface area contributed by atoms with E-state index in [2.05, 4.69) is 5.32 Å². The lowest BCUT2D eigenvalue weighted by molar-refractivity contribution is 0.0960. The fourth-order valence-electron chi connectivity index (χ4n) is 3.69. The molecule has 5 nitrogen and oxygen atoms in total. The summed E-state index contributed by atoms with van der Waals surface area (Å²) in [7, 11) is 0. The van der Waals surface area contributed by atoms with Crippen LogP contribution in [-0.4, -0.2) is 27.9 Å². The number of benzene rings is 1. The molecule has 0 bridgehead atoms. The van der Waals surface area contributed by atoms with Crippen LogP contribution in [-0.2, 0) is 6.42 Å². The number of nitrogens with zero attached hydrogens (tertiary/aromatic N) is 3. The van der Waals surface area contributed by atoms with Crippen molar-refractivity contribution in [3.05, 3.63) is 46.9 Å². The topological polar surface area (TPSA) is 59.3 Å². The van der Waals surface area contributed by atoms with Gasteiger partial charge in [-0.2, -0.15) is 5.10 Å². The second-order valence-corrected chi connectivity index (χ2v) is 6.63. The SMILES string of the molecule is CCc1nn(C2CCCC2)c2c1C(=O)NCC(c1ccc(F)cc1)=N2. The summed E-state index contributed by atoms with van der Waals surface area (Å²) in [5.41, 5.74) is 2.93.